The number of nitrogens with zero attached hydrogens (tertiary/aromatic N) is 2. The SMILES string of the molecule is CC(C)(C)OC(=O)N1CCc2c(cnc(N)c2C(=N)Br)C1. The largest absolute Gasteiger partial charge is 0.444 e. The average molecular weight is 355 g/mol. The third-order valence-electron chi connectivity index (χ3n) is 3.17. The first-order valence-corrected chi connectivity index (χ1v) is 7.47. The van der Waals surface area contributed by atoms with Crippen molar-refractivity contribution in [1.82, 2.24) is 9.88 Å². The summed E-state index contributed by atoms with van der Waals surface area (Å²) in [5, 5.41) is 7.76. The van der Waals surface area contributed by atoms with Gasteiger partial charge in [0.25, 0.3) is 0 Å². The standard InChI is InChI=1S/C14H19BrN4O2/c1-14(2,3)21-13(20)19-5-4-9-8(7-19)6-18-12(17)10(9)11(15)16/h6,16H,4-5,7H2,1-3H3,(H2,17,18). The molecule has 0 saturated heterocycles. The third kappa shape index (κ3) is 3.53. The van der Waals surface area contributed by atoms with E-state index in [-0.39, 0.29) is 10.7 Å². The van der Waals surface area contributed by atoms with Crippen molar-refractivity contribution < 1.29 is 9.53 Å². The zero-order chi connectivity index (χ0) is 15.8. The number of fused-ring (bicyclic) bond motifs is 1. The van der Waals surface area contributed by atoms with Gasteiger partial charge in [0.1, 0.15) is 16.0 Å². The van der Waals surface area contributed by atoms with E-state index in [0.29, 0.717) is 30.9 Å². The number of anilines is 1. The number of rotatable bonds is 1. The van der Waals surface area contributed by atoms with E-state index in [2.05, 4.69) is 20.9 Å². The molecular weight excluding hydrogens is 336 g/mol. The van der Waals surface area contributed by atoms with E-state index in [1.165, 1.54) is 0 Å². The van der Waals surface area contributed by atoms with Crippen LogP contribution in [0.4, 0.5) is 10.6 Å². The highest BCUT2D eigenvalue weighted by atomic mass is 79.9. The van der Waals surface area contributed by atoms with Crippen molar-refractivity contribution in [3.63, 3.8) is 0 Å². The van der Waals surface area contributed by atoms with Crippen LogP contribution in [0.2, 0.25) is 0 Å². The van der Waals surface area contributed by atoms with Gasteiger partial charge in [-0.2, -0.15) is 0 Å². The van der Waals surface area contributed by atoms with Crippen molar-refractivity contribution in [2.75, 3.05) is 12.3 Å². The average Bonchev–Trinajstić information content (AvgIpc) is 2.35. The first-order valence-electron chi connectivity index (χ1n) is 6.67. The number of ether oxygens (including phenoxy) is 1. The second-order valence-corrected chi connectivity index (χ2v) is 6.78. The molecule has 0 aliphatic carbocycles. The van der Waals surface area contributed by atoms with Crippen molar-refractivity contribution >= 4 is 32.5 Å². The van der Waals surface area contributed by atoms with Crippen molar-refractivity contribution in [3.05, 3.63) is 22.9 Å². The lowest BCUT2D eigenvalue weighted by Gasteiger charge is -2.31. The maximum atomic E-state index is 12.1. The van der Waals surface area contributed by atoms with E-state index in [0.717, 1.165) is 11.1 Å². The van der Waals surface area contributed by atoms with Gasteiger partial charge in [-0.1, -0.05) is 0 Å². The van der Waals surface area contributed by atoms with Crippen molar-refractivity contribution in [2.24, 2.45) is 0 Å². The quantitative estimate of drug-likeness (QED) is 0.758. The second kappa shape index (κ2) is 5.63. The summed E-state index contributed by atoms with van der Waals surface area (Å²) in [6.07, 6.45) is 1.96. The molecule has 0 saturated carbocycles. The molecule has 0 bridgehead atoms. The summed E-state index contributed by atoms with van der Waals surface area (Å²) < 4.78 is 5.60. The van der Waals surface area contributed by atoms with Gasteiger partial charge < -0.3 is 15.4 Å². The number of amides is 1. The van der Waals surface area contributed by atoms with E-state index in [1.54, 1.807) is 11.1 Å². The van der Waals surface area contributed by atoms with Crippen LogP contribution in [0.1, 0.15) is 37.5 Å². The Balaban J connectivity index is 2.24. The summed E-state index contributed by atoms with van der Waals surface area (Å²) in [5.41, 5.74) is 7.82. The van der Waals surface area contributed by atoms with Crippen LogP contribution in [0.5, 0.6) is 0 Å². The Morgan fingerprint density at radius 2 is 2.19 bits per heavy atom. The van der Waals surface area contributed by atoms with Crippen LogP contribution in [-0.2, 0) is 17.7 Å². The van der Waals surface area contributed by atoms with E-state index >= 15 is 0 Å². The molecule has 1 aromatic heterocycles. The summed E-state index contributed by atoms with van der Waals surface area (Å²) in [7, 11) is 0. The number of hydrogen-bond donors (Lipinski definition) is 2. The van der Waals surface area contributed by atoms with Crippen LogP contribution in [0.15, 0.2) is 6.20 Å². The number of carbonyl (C=O) groups is 1. The fourth-order valence-corrected chi connectivity index (χ4v) is 2.73. The number of carbonyl (C=O) groups excluding carboxylic acids is 1. The first-order chi connectivity index (χ1) is 9.69. The lowest BCUT2D eigenvalue weighted by atomic mass is 9.97. The molecule has 1 amide bonds. The Morgan fingerprint density at radius 3 is 2.76 bits per heavy atom. The van der Waals surface area contributed by atoms with Gasteiger partial charge in [0.2, 0.25) is 0 Å². The first kappa shape index (κ1) is 15.8. The molecule has 0 spiro atoms. The van der Waals surface area contributed by atoms with E-state index < -0.39 is 5.60 Å². The zero-order valence-corrected chi connectivity index (χ0v) is 14.0. The van der Waals surface area contributed by atoms with Gasteiger partial charge in [-0.25, -0.2) is 9.78 Å². The van der Waals surface area contributed by atoms with E-state index in [1.807, 2.05) is 20.8 Å². The fraction of sp³-hybridized carbons (Fsp3) is 0.500. The van der Waals surface area contributed by atoms with Gasteiger partial charge in [0.05, 0.1) is 12.1 Å². The number of nitrogens with two attached hydrogens (primary N) is 1. The molecular formula is C14H19BrN4O2. The molecule has 1 aromatic rings. The maximum Gasteiger partial charge on any atom is 0.410 e. The molecule has 0 fully saturated rings. The minimum Gasteiger partial charge on any atom is -0.444 e. The van der Waals surface area contributed by atoms with E-state index in [4.69, 9.17) is 15.9 Å². The van der Waals surface area contributed by atoms with Crippen LogP contribution in [0.3, 0.4) is 0 Å². The highest BCUT2D eigenvalue weighted by Crippen LogP contribution is 2.27. The molecule has 3 N–H and O–H groups in total. The number of nitrogens with one attached hydrogen (secondary N) is 1. The zero-order valence-electron chi connectivity index (χ0n) is 12.4. The minimum absolute atomic E-state index is 0.218. The molecule has 0 aromatic carbocycles. The van der Waals surface area contributed by atoms with Gasteiger partial charge in [0.15, 0.2) is 0 Å². The highest BCUT2D eigenvalue weighted by molar-refractivity contribution is 9.18. The minimum atomic E-state index is -0.514. The molecule has 1 aliphatic heterocycles. The molecule has 7 heteroatoms. The lowest BCUT2D eigenvalue weighted by Crippen LogP contribution is -2.40. The molecule has 6 nitrogen and oxygen atoms in total. The van der Waals surface area contributed by atoms with Crippen LogP contribution in [-0.4, -0.2) is 32.7 Å². The number of hydrogen-bond acceptors (Lipinski definition) is 5. The normalized spacial score (nSPS) is 14.6. The molecule has 21 heavy (non-hydrogen) atoms. The van der Waals surface area contributed by atoms with Crippen LogP contribution >= 0.6 is 15.9 Å². The summed E-state index contributed by atoms with van der Waals surface area (Å²) in [6, 6.07) is 0. The van der Waals surface area contributed by atoms with Crippen molar-refractivity contribution in [3.8, 4) is 0 Å². The molecule has 114 valence electrons. The Morgan fingerprint density at radius 1 is 1.52 bits per heavy atom. The molecule has 1 aliphatic rings. The Kier molecular flexibility index (Phi) is 4.22. The highest BCUT2D eigenvalue weighted by Gasteiger charge is 2.28. The smallest absolute Gasteiger partial charge is 0.410 e. The molecule has 0 atom stereocenters. The Hall–Kier alpha value is -1.63. The molecule has 0 radical (unpaired) electrons. The van der Waals surface area contributed by atoms with Crippen molar-refractivity contribution in [2.45, 2.75) is 39.3 Å². The maximum absolute atomic E-state index is 12.1. The topological polar surface area (TPSA) is 92.3 Å². The Bertz CT molecular complexity index is 595. The molecule has 0 unspecified atom stereocenters. The third-order valence-corrected chi connectivity index (χ3v) is 3.57. The van der Waals surface area contributed by atoms with Crippen LogP contribution in [0, 0.1) is 5.41 Å². The van der Waals surface area contributed by atoms with Gasteiger partial charge >= 0.3 is 6.09 Å². The number of halogens is 1. The Labute approximate surface area is 132 Å². The fourth-order valence-electron chi connectivity index (χ4n) is 2.29. The second-order valence-electron chi connectivity index (χ2n) is 5.99. The number of aromatic nitrogens is 1. The van der Waals surface area contributed by atoms with Gasteiger partial charge in [0, 0.05) is 12.7 Å². The summed E-state index contributed by atoms with van der Waals surface area (Å²) in [4.78, 5) is 17.9. The van der Waals surface area contributed by atoms with Gasteiger partial charge in [-0.05, 0) is 54.2 Å². The predicted octanol–water partition coefficient (Wildman–Crippen LogP) is 2.68. The van der Waals surface area contributed by atoms with Gasteiger partial charge in [-0.15, -0.1) is 0 Å². The number of pyridine rings is 1. The summed E-state index contributed by atoms with van der Waals surface area (Å²) in [5.74, 6) is 0.335. The lowest BCUT2D eigenvalue weighted by molar-refractivity contribution is 0.0224. The van der Waals surface area contributed by atoms with Crippen molar-refractivity contribution in [1.29, 1.82) is 5.41 Å². The van der Waals surface area contributed by atoms with Gasteiger partial charge in [-0.3, -0.25) is 5.41 Å². The molecule has 2 heterocycles. The molecule has 2 rings (SSSR count). The van der Waals surface area contributed by atoms with Crippen LogP contribution < -0.4 is 5.73 Å². The number of nitrogen functional groups attached to an aromatic ring is 1. The monoisotopic (exact) mass is 354 g/mol. The van der Waals surface area contributed by atoms with Crippen LogP contribution in [0.25, 0.3) is 0 Å². The predicted molar refractivity (Wildman–Crippen MR) is 84.8 cm³/mol. The summed E-state index contributed by atoms with van der Waals surface area (Å²) >= 11 is 3.15. The summed E-state index contributed by atoms with van der Waals surface area (Å²) in [6.45, 7) is 6.49. The van der Waals surface area contributed by atoms with E-state index in [9.17, 15) is 4.79 Å².